The summed E-state index contributed by atoms with van der Waals surface area (Å²) in [5.74, 6) is -3.58. The minimum atomic E-state index is -1.06. The van der Waals surface area contributed by atoms with Crippen LogP contribution in [0.2, 0.25) is 0 Å². The predicted octanol–water partition coefficient (Wildman–Crippen LogP) is -0.627. The van der Waals surface area contributed by atoms with Crippen molar-refractivity contribution in [1.82, 2.24) is 0 Å². The molecule has 0 aromatic rings. The van der Waals surface area contributed by atoms with Crippen LogP contribution in [0.1, 0.15) is 26.7 Å². The zero-order chi connectivity index (χ0) is 17.1. The Morgan fingerprint density at radius 3 is 1.32 bits per heavy atom. The van der Waals surface area contributed by atoms with Crippen molar-refractivity contribution in [3.8, 4) is 0 Å². The Labute approximate surface area is 125 Å². The summed E-state index contributed by atoms with van der Waals surface area (Å²) in [4.78, 5) is 49.3. The first kappa shape index (κ1) is 19.0. The highest BCUT2D eigenvalue weighted by molar-refractivity contribution is 6.62. The standard InChI is InChI=1S/C12H14N4O6/c1-7(17)9(15-13)11(19)21-5-3-4-6-22-12(20)10(16-14)8(2)18/h3-6H2,1-2H3. The van der Waals surface area contributed by atoms with Gasteiger partial charge in [0.25, 0.3) is 0 Å². The summed E-state index contributed by atoms with van der Waals surface area (Å²) < 4.78 is 9.32. The number of unbranched alkanes of at least 4 members (excludes halogenated alkanes) is 1. The van der Waals surface area contributed by atoms with Crippen LogP contribution in [-0.2, 0) is 28.7 Å². The maximum Gasteiger partial charge on any atom is 0.441 e. The minimum Gasteiger partial charge on any atom is -0.457 e. The maximum atomic E-state index is 11.3. The number of rotatable bonds is 9. The molecular formula is C12H14N4O6. The summed E-state index contributed by atoms with van der Waals surface area (Å²) in [6, 6.07) is 0. The highest BCUT2D eigenvalue weighted by Gasteiger charge is 2.28. The van der Waals surface area contributed by atoms with Crippen LogP contribution in [-0.4, -0.2) is 57.7 Å². The zero-order valence-electron chi connectivity index (χ0n) is 12.1. The molecule has 0 amide bonds. The van der Waals surface area contributed by atoms with Crippen molar-refractivity contribution in [2.45, 2.75) is 26.7 Å². The third-order valence-electron chi connectivity index (χ3n) is 2.26. The van der Waals surface area contributed by atoms with Crippen LogP contribution in [0, 0.1) is 0 Å². The van der Waals surface area contributed by atoms with Crippen LogP contribution in [0.3, 0.4) is 0 Å². The zero-order valence-corrected chi connectivity index (χ0v) is 12.1. The Morgan fingerprint density at radius 2 is 1.09 bits per heavy atom. The summed E-state index contributed by atoms with van der Waals surface area (Å²) in [6.07, 6.45) is 0.586. The van der Waals surface area contributed by atoms with E-state index in [1.807, 2.05) is 0 Å². The molecule has 0 aliphatic carbocycles. The molecule has 0 fully saturated rings. The molecule has 0 aliphatic heterocycles. The van der Waals surface area contributed by atoms with Gasteiger partial charge in [-0.2, -0.15) is 9.58 Å². The Hall–Kier alpha value is -2.96. The number of hydrogen-bond donors (Lipinski definition) is 0. The molecule has 0 rings (SSSR count). The molecule has 0 saturated heterocycles. The SMILES string of the molecule is CC(=O)C(=[N+]=[N-])C(=O)OCCCCOC(=O)C(=[N+]=[N-])C(C)=O. The quantitative estimate of drug-likeness (QED) is 0.138. The van der Waals surface area contributed by atoms with E-state index in [9.17, 15) is 19.2 Å². The fraction of sp³-hybridized carbons (Fsp3) is 0.500. The topological polar surface area (TPSA) is 160 Å². The van der Waals surface area contributed by atoms with Crippen molar-refractivity contribution in [2.24, 2.45) is 0 Å². The molecule has 0 aromatic carbocycles. The lowest BCUT2D eigenvalue weighted by Gasteiger charge is -2.02. The molecule has 22 heavy (non-hydrogen) atoms. The largest absolute Gasteiger partial charge is 0.457 e. The lowest BCUT2D eigenvalue weighted by atomic mass is 10.3. The van der Waals surface area contributed by atoms with E-state index in [2.05, 4.69) is 19.1 Å². The maximum absolute atomic E-state index is 11.3. The first-order valence-electron chi connectivity index (χ1n) is 6.15. The van der Waals surface area contributed by atoms with E-state index in [0.717, 1.165) is 13.8 Å². The molecule has 0 atom stereocenters. The molecule has 10 nitrogen and oxygen atoms in total. The van der Waals surface area contributed by atoms with Crippen LogP contribution < -0.4 is 0 Å². The van der Waals surface area contributed by atoms with Crippen LogP contribution in [0.15, 0.2) is 0 Å². The van der Waals surface area contributed by atoms with E-state index >= 15 is 0 Å². The lowest BCUT2D eigenvalue weighted by molar-refractivity contribution is -0.144. The Bertz CT molecular complexity index is 532. The fourth-order valence-corrected chi connectivity index (χ4v) is 1.18. The number of Topliss-reactive ketones (excluding diaryl/α,β-unsaturated/α-hetero) is 2. The molecule has 10 heteroatoms. The number of hydrogen-bond acceptors (Lipinski definition) is 6. The molecule has 0 N–H and O–H groups in total. The van der Waals surface area contributed by atoms with Crippen molar-refractivity contribution in [3.63, 3.8) is 0 Å². The Kier molecular flexibility index (Phi) is 8.54. The molecule has 0 heterocycles. The number of carbonyl (C=O) groups excluding carboxylic acids is 4. The normalized spacial score (nSPS) is 9.00. The number of ether oxygens (including phenoxy) is 2. The summed E-state index contributed by atoms with van der Waals surface area (Å²) in [5.41, 5.74) is 15.5. The molecule has 0 aliphatic rings. The Morgan fingerprint density at radius 1 is 0.773 bits per heavy atom. The van der Waals surface area contributed by atoms with Crippen LogP contribution >= 0.6 is 0 Å². The third kappa shape index (κ3) is 6.47. The van der Waals surface area contributed by atoms with Gasteiger partial charge in [-0.3, -0.25) is 9.59 Å². The monoisotopic (exact) mass is 310 g/mol. The first-order valence-corrected chi connectivity index (χ1v) is 6.15. The second kappa shape index (κ2) is 9.87. The van der Waals surface area contributed by atoms with Gasteiger partial charge in [-0.25, -0.2) is 9.59 Å². The van der Waals surface area contributed by atoms with E-state index in [1.54, 1.807) is 0 Å². The van der Waals surface area contributed by atoms with Crippen LogP contribution in [0.4, 0.5) is 0 Å². The van der Waals surface area contributed by atoms with Gasteiger partial charge in [0, 0.05) is 13.8 Å². The van der Waals surface area contributed by atoms with Gasteiger partial charge >= 0.3 is 23.4 Å². The van der Waals surface area contributed by atoms with Gasteiger partial charge < -0.3 is 20.5 Å². The number of esters is 2. The van der Waals surface area contributed by atoms with Gasteiger partial charge in [-0.15, -0.1) is 0 Å². The third-order valence-corrected chi connectivity index (χ3v) is 2.26. The number of ketones is 2. The molecule has 0 aromatic heterocycles. The number of carbonyl (C=O) groups is 4. The summed E-state index contributed by atoms with van der Waals surface area (Å²) in [6.45, 7) is 1.92. The molecule has 118 valence electrons. The molecule has 0 radical (unpaired) electrons. The highest BCUT2D eigenvalue weighted by Crippen LogP contribution is 1.95. The Balaban J connectivity index is 4.02. The van der Waals surface area contributed by atoms with Crippen LogP contribution in [0.5, 0.6) is 0 Å². The van der Waals surface area contributed by atoms with Crippen molar-refractivity contribution < 1.29 is 38.2 Å². The fourth-order valence-electron chi connectivity index (χ4n) is 1.18. The van der Waals surface area contributed by atoms with E-state index in [-0.39, 0.29) is 13.2 Å². The van der Waals surface area contributed by atoms with Crippen molar-refractivity contribution in [3.05, 3.63) is 11.1 Å². The lowest BCUT2D eigenvalue weighted by Crippen LogP contribution is -2.26. The second-order valence-electron chi connectivity index (χ2n) is 3.99. The molecular weight excluding hydrogens is 296 g/mol. The summed E-state index contributed by atoms with van der Waals surface area (Å²) in [7, 11) is 0. The van der Waals surface area contributed by atoms with Crippen molar-refractivity contribution in [1.29, 1.82) is 0 Å². The smallest absolute Gasteiger partial charge is 0.441 e. The summed E-state index contributed by atoms with van der Waals surface area (Å²) >= 11 is 0. The number of nitrogens with zero attached hydrogens (tertiary/aromatic N) is 4. The van der Waals surface area contributed by atoms with E-state index in [4.69, 9.17) is 11.1 Å². The van der Waals surface area contributed by atoms with Gasteiger partial charge in [-0.05, 0) is 12.8 Å². The van der Waals surface area contributed by atoms with E-state index in [1.165, 1.54) is 0 Å². The summed E-state index contributed by atoms with van der Waals surface area (Å²) in [5, 5.41) is 0. The van der Waals surface area contributed by atoms with Gasteiger partial charge in [0.15, 0.2) is 0 Å². The average Bonchev–Trinajstić information content (AvgIpc) is 2.43. The molecule has 0 saturated carbocycles. The molecule has 0 unspecified atom stereocenters. The van der Waals surface area contributed by atoms with Gasteiger partial charge in [0.1, 0.15) is 0 Å². The second-order valence-corrected chi connectivity index (χ2v) is 3.99. The minimum absolute atomic E-state index is 0.0870. The molecule has 0 bridgehead atoms. The van der Waals surface area contributed by atoms with Crippen molar-refractivity contribution in [2.75, 3.05) is 13.2 Å². The average molecular weight is 310 g/mol. The molecule has 0 spiro atoms. The van der Waals surface area contributed by atoms with Gasteiger partial charge in [-0.1, -0.05) is 0 Å². The van der Waals surface area contributed by atoms with E-state index in [0.29, 0.717) is 12.8 Å². The van der Waals surface area contributed by atoms with Crippen molar-refractivity contribution >= 4 is 34.9 Å². The first-order chi connectivity index (χ1) is 10.3. The highest BCUT2D eigenvalue weighted by atomic mass is 16.5. The van der Waals surface area contributed by atoms with Gasteiger partial charge in [0.05, 0.1) is 13.2 Å². The van der Waals surface area contributed by atoms with Gasteiger partial charge in [0.2, 0.25) is 11.6 Å². The predicted molar refractivity (Wildman–Crippen MR) is 69.8 cm³/mol. The van der Waals surface area contributed by atoms with E-state index < -0.39 is 34.9 Å². The van der Waals surface area contributed by atoms with Crippen LogP contribution in [0.25, 0.3) is 11.1 Å².